The van der Waals surface area contributed by atoms with E-state index in [9.17, 15) is 0 Å². The number of hydrogen-bond acceptors (Lipinski definition) is 4. The third-order valence-corrected chi connectivity index (χ3v) is 3.98. The van der Waals surface area contributed by atoms with E-state index < -0.39 is 0 Å². The molecule has 5 heteroatoms. The Kier molecular flexibility index (Phi) is 3.06. The van der Waals surface area contributed by atoms with Crippen LogP contribution in [-0.4, -0.2) is 19.6 Å². The Bertz CT molecular complexity index is 815. The molecule has 0 aliphatic heterocycles. The summed E-state index contributed by atoms with van der Waals surface area (Å²) < 4.78 is 1.81. The van der Waals surface area contributed by atoms with Gasteiger partial charge in [0.1, 0.15) is 5.82 Å². The number of benzene rings is 1. The van der Waals surface area contributed by atoms with Crippen LogP contribution in [0.15, 0.2) is 30.3 Å². The first kappa shape index (κ1) is 13.2. The number of anilines is 2. The van der Waals surface area contributed by atoms with E-state index in [4.69, 9.17) is 0 Å². The van der Waals surface area contributed by atoms with Crippen molar-refractivity contribution < 1.29 is 0 Å². The minimum atomic E-state index is 0.672. The van der Waals surface area contributed by atoms with E-state index >= 15 is 0 Å². The second-order valence-corrected chi connectivity index (χ2v) is 6.16. The van der Waals surface area contributed by atoms with E-state index in [1.54, 1.807) is 0 Å². The molecule has 1 fully saturated rings. The van der Waals surface area contributed by atoms with Gasteiger partial charge in [-0.2, -0.15) is 9.50 Å². The molecule has 0 atom stereocenters. The highest BCUT2D eigenvalue weighted by Crippen LogP contribution is 2.32. The van der Waals surface area contributed by atoms with Crippen LogP contribution >= 0.6 is 0 Å². The minimum Gasteiger partial charge on any atom is -0.340 e. The van der Waals surface area contributed by atoms with Crippen LogP contribution in [0.3, 0.4) is 0 Å². The molecule has 0 radical (unpaired) electrons. The molecule has 4 rings (SSSR count). The van der Waals surface area contributed by atoms with Crippen molar-refractivity contribution in [1.29, 1.82) is 0 Å². The number of nitrogens with zero attached hydrogens (tertiary/aromatic N) is 4. The maximum Gasteiger partial charge on any atom is 0.254 e. The summed E-state index contributed by atoms with van der Waals surface area (Å²) in [6.45, 7) is 4.07. The maximum atomic E-state index is 4.63. The van der Waals surface area contributed by atoms with Crippen molar-refractivity contribution in [3.63, 3.8) is 0 Å². The van der Waals surface area contributed by atoms with Crippen molar-refractivity contribution in [3.05, 3.63) is 47.4 Å². The lowest BCUT2D eigenvalue weighted by Gasteiger charge is -2.08. The van der Waals surface area contributed by atoms with Crippen molar-refractivity contribution in [2.45, 2.75) is 33.1 Å². The lowest BCUT2D eigenvalue weighted by atomic mass is 10.2. The van der Waals surface area contributed by atoms with E-state index in [-0.39, 0.29) is 0 Å². The molecule has 1 aromatic carbocycles. The highest BCUT2D eigenvalue weighted by Gasteiger charge is 2.24. The second-order valence-electron chi connectivity index (χ2n) is 6.16. The van der Waals surface area contributed by atoms with Gasteiger partial charge in [-0.15, -0.1) is 5.10 Å². The molecule has 1 N–H and O–H groups in total. The van der Waals surface area contributed by atoms with Gasteiger partial charge in [0.05, 0.1) is 0 Å². The summed E-state index contributed by atoms with van der Waals surface area (Å²) in [5.74, 6) is 3.24. The maximum absolute atomic E-state index is 4.63. The molecule has 3 aromatic rings. The summed E-state index contributed by atoms with van der Waals surface area (Å²) in [6.07, 6.45) is 3.57. The topological polar surface area (TPSA) is 55.1 Å². The fourth-order valence-electron chi connectivity index (χ4n) is 2.57. The molecule has 1 aliphatic carbocycles. The highest BCUT2D eigenvalue weighted by molar-refractivity contribution is 5.59. The van der Waals surface area contributed by atoms with Gasteiger partial charge in [-0.25, -0.2) is 4.98 Å². The average Bonchev–Trinajstić information content (AvgIpc) is 3.19. The van der Waals surface area contributed by atoms with Gasteiger partial charge in [-0.1, -0.05) is 17.7 Å². The standard InChI is InChI=1S/C17H19N5/c1-11-3-7-14(8-4-11)19-16-9-12(2)18-17-20-15(21-22(16)17)10-13-5-6-13/h3-4,7-9,13,19H,5-6,10H2,1-2H3. The quantitative estimate of drug-likeness (QED) is 0.800. The van der Waals surface area contributed by atoms with Gasteiger partial charge >= 0.3 is 0 Å². The van der Waals surface area contributed by atoms with Gasteiger partial charge in [-0.05, 0) is 44.7 Å². The van der Waals surface area contributed by atoms with Crippen LogP contribution in [0, 0.1) is 19.8 Å². The molecule has 22 heavy (non-hydrogen) atoms. The number of aromatic nitrogens is 4. The van der Waals surface area contributed by atoms with E-state index in [1.165, 1.54) is 18.4 Å². The Morgan fingerprint density at radius 2 is 1.91 bits per heavy atom. The number of rotatable bonds is 4. The van der Waals surface area contributed by atoms with Crippen molar-refractivity contribution >= 4 is 17.3 Å². The normalized spacial score (nSPS) is 14.5. The predicted molar refractivity (Wildman–Crippen MR) is 86.4 cm³/mol. The van der Waals surface area contributed by atoms with Crippen LogP contribution < -0.4 is 5.32 Å². The molecule has 112 valence electrons. The average molecular weight is 293 g/mol. The molecule has 0 amide bonds. The zero-order valence-electron chi connectivity index (χ0n) is 12.9. The Labute approximate surface area is 129 Å². The number of nitrogens with one attached hydrogen (secondary N) is 1. The largest absolute Gasteiger partial charge is 0.340 e. The van der Waals surface area contributed by atoms with Crippen molar-refractivity contribution in [1.82, 2.24) is 19.6 Å². The van der Waals surface area contributed by atoms with Crippen molar-refractivity contribution in [3.8, 4) is 0 Å². The van der Waals surface area contributed by atoms with Crippen LogP contribution in [0.4, 0.5) is 11.5 Å². The van der Waals surface area contributed by atoms with E-state index in [0.29, 0.717) is 5.78 Å². The predicted octanol–water partition coefficient (Wildman–Crippen LogP) is 3.44. The summed E-state index contributed by atoms with van der Waals surface area (Å²) in [5, 5.41) is 8.05. The zero-order chi connectivity index (χ0) is 15.1. The molecular formula is C17H19N5. The molecule has 2 heterocycles. The third kappa shape index (κ3) is 2.66. The molecule has 0 unspecified atom stereocenters. The molecule has 0 saturated heterocycles. The van der Waals surface area contributed by atoms with Crippen LogP contribution in [0.2, 0.25) is 0 Å². The number of hydrogen-bond donors (Lipinski definition) is 1. The Hall–Kier alpha value is -2.43. The molecule has 5 nitrogen and oxygen atoms in total. The monoisotopic (exact) mass is 293 g/mol. The third-order valence-electron chi connectivity index (χ3n) is 3.98. The summed E-state index contributed by atoms with van der Waals surface area (Å²) in [5.41, 5.74) is 3.22. The molecule has 2 aromatic heterocycles. The smallest absolute Gasteiger partial charge is 0.254 e. The summed E-state index contributed by atoms with van der Waals surface area (Å²) in [6, 6.07) is 10.3. The molecule has 0 bridgehead atoms. The van der Waals surface area contributed by atoms with Crippen LogP contribution in [0.25, 0.3) is 5.78 Å². The van der Waals surface area contributed by atoms with Gasteiger partial charge < -0.3 is 5.32 Å². The van der Waals surface area contributed by atoms with E-state index in [0.717, 1.165) is 35.4 Å². The fraction of sp³-hybridized carbons (Fsp3) is 0.353. The second kappa shape index (κ2) is 5.09. The number of fused-ring (bicyclic) bond motifs is 1. The minimum absolute atomic E-state index is 0.672. The fourth-order valence-corrected chi connectivity index (χ4v) is 2.57. The lowest BCUT2D eigenvalue weighted by molar-refractivity contribution is 0.764. The zero-order valence-corrected chi connectivity index (χ0v) is 12.9. The molecule has 1 aliphatic rings. The molecular weight excluding hydrogens is 274 g/mol. The highest BCUT2D eigenvalue weighted by atomic mass is 15.4. The number of aryl methyl sites for hydroxylation is 2. The molecule has 0 spiro atoms. The van der Waals surface area contributed by atoms with Gasteiger partial charge in [0, 0.05) is 23.9 Å². The Morgan fingerprint density at radius 3 is 2.64 bits per heavy atom. The first-order valence-corrected chi connectivity index (χ1v) is 7.74. The summed E-state index contributed by atoms with van der Waals surface area (Å²) in [4.78, 5) is 9.06. The first-order valence-electron chi connectivity index (χ1n) is 7.74. The van der Waals surface area contributed by atoms with Gasteiger partial charge in [0.25, 0.3) is 5.78 Å². The van der Waals surface area contributed by atoms with E-state index in [1.807, 2.05) is 17.5 Å². The van der Waals surface area contributed by atoms with Crippen LogP contribution in [-0.2, 0) is 6.42 Å². The molecule has 1 saturated carbocycles. The van der Waals surface area contributed by atoms with Gasteiger partial charge in [0.2, 0.25) is 0 Å². The Morgan fingerprint density at radius 1 is 1.14 bits per heavy atom. The lowest BCUT2D eigenvalue weighted by Crippen LogP contribution is -2.02. The summed E-state index contributed by atoms with van der Waals surface area (Å²) in [7, 11) is 0. The van der Waals surface area contributed by atoms with Crippen LogP contribution in [0.5, 0.6) is 0 Å². The summed E-state index contributed by atoms with van der Waals surface area (Å²) >= 11 is 0. The van der Waals surface area contributed by atoms with Crippen LogP contribution in [0.1, 0.15) is 29.9 Å². The van der Waals surface area contributed by atoms with Gasteiger partial charge in [0.15, 0.2) is 5.82 Å². The first-order chi connectivity index (χ1) is 10.7. The van der Waals surface area contributed by atoms with Crippen molar-refractivity contribution in [2.75, 3.05) is 5.32 Å². The van der Waals surface area contributed by atoms with E-state index in [2.05, 4.69) is 51.6 Å². The van der Waals surface area contributed by atoms with Crippen molar-refractivity contribution in [2.24, 2.45) is 5.92 Å². The Balaban J connectivity index is 1.71. The van der Waals surface area contributed by atoms with Gasteiger partial charge in [-0.3, -0.25) is 0 Å². The SMILES string of the molecule is Cc1ccc(Nc2cc(C)nc3nc(CC4CC4)nn23)cc1.